The van der Waals surface area contributed by atoms with Crippen LogP contribution in [0.25, 0.3) is 12.2 Å². The van der Waals surface area contributed by atoms with E-state index in [0.717, 1.165) is 23.3 Å². The molecule has 2 aromatic rings. The molecule has 1 nitrogen and oxygen atoms in total. The minimum atomic E-state index is -2.21. The summed E-state index contributed by atoms with van der Waals surface area (Å²) in [6.07, 6.45) is 1.82. The number of phenolic OH excluding ortho intramolecular Hbond substituents is 1. The summed E-state index contributed by atoms with van der Waals surface area (Å²) in [4.78, 5) is 0. The second-order valence-electron chi connectivity index (χ2n) is 4.81. The lowest BCUT2D eigenvalue weighted by molar-refractivity contribution is 0.377. The van der Waals surface area contributed by atoms with E-state index < -0.39 is 34.6 Å². The third kappa shape index (κ3) is 2.68. The van der Waals surface area contributed by atoms with Gasteiger partial charge in [-0.15, -0.1) is 0 Å². The molecule has 0 radical (unpaired) electrons. The van der Waals surface area contributed by atoms with Crippen LogP contribution in [0.2, 0.25) is 0 Å². The standard InChI is InChI=1S/C16H11F5O/c1-7-5-9(11(22)6-8(7)2)3-4-10-12(17)14(19)16(21)15(20)13(10)18/h3-6,22H,1-2H3/b4-3+. The number of halogens is 5. The smallest absolute Gasteiger partial charge is 0.200 e. The van der Waals surface area contributed by atoms with E-state index in [1.165, 1.54) is 12.1 Å². The molecule has 0 unspecified atom stereocenters. The number of aryl methyl sites for hydroxylation is 2. The topological polar surface area (TPSA) is 20.2 Å². The summed E-state index contributed by atoms with van der Waals surface area (Å²) < 4.78 is 66.1. The van der Waals surface area contributed by atoms with Gasteiger partial charge in [-0.1, -0.05) is 6.08 Å². The Labute approximate surface area is 123 Å². The van der Waals surface area contributed by atoms with Crippen molar-refractivity contribution in [3.63, 3.8) is 0 Å². The normalized spacial score (nSPS) is 11.4. The van der Waals surface area contributed by atoms with Crippen molar-refractivity contribution >= 4 is 12.2 Å². The predicted octanol–water partition coefficient (Wildman–Crippen LogP) is 4.87. The zero-order chi connectivity index (χ0) is 16.6. The van der Waals surface area contributed by atoms with Gasteiger partial charge in [-0.25, -0.2) is 22.0 Å². The molecule has 6 heteroatoms. The molecule has 0 fully saturated rings. The van der Waals surface area contributed by atoms with Crippen LogP contribution in [0.3, 0.4) is 0 Å². The van der Waals surface area contributed by atoms with E-state index in [2.05, 4.69) is 0 Å². The van der Waals surface area contributed by atoms with Gasteiger partial charge in [-0.05, 0) is 43.2 Å². The minimum absolute atomic E-state index is 0.164. The first-order valence-electron chi connectivity index (χ1n) is 6.23. The maximum Gasteiger partial charge on any atom is 0.200 e. The summed E-state index contributed by atoms with van der Waals surface area (Å²) in [5.74, 6) is -10.2. The highest BCUT2D eigenvalue weighted by atomic mass is 19.2. The highest BCUT2D eigenvalue weighted by Gasteiger charge is 2.24. The van der Waals surface area contributed by atoms with Crippen LogP contribution < -0.4 is 0 Å². The summed E-state index contributed by atoms with van der Waals surface area (Å²) in [6.45, 7) is 3.51. The Hall–Kier alpha value is -2.37. The average molecular weight is 314 g/mol. The lowest BCUT2D eigenvalue weighted by Gasteiger charge is -2.06. The fraction of sp³-hybridized carbons (Fsp3) is 0.125. The van der Waals surface area contributed by atoms with Gasteiger partial charge in [-0.3, -0.25) is 0 Å². The van der Waals surface area contributed by atoms with Crippen molar-refractivity contribution in [1.82, 2.24) is 0 Å². The van der Waals surface area contributed by atoms with Crippen LogP contribution in [-0.2, 0) is 0 Å². The molecule has 0 saturated carbocycles. The van der Waals surface area contributed by atoms with Gasteiger partial charge < -0.3 is 5.11 Å². The Morgan fingerprint density at radius 1 is 0.727 bits per heavy atom. The average Bonchev–Trinajstić information content (AvgIpc) is 2.48. The molecule has 0 heterocycles. The fourth-order valence-electron chi connectivity index (χ4n) is 1.90. The largest absolute Gasteiger partial charge is 0.507 e. The molecule has 0 bridgehead atoms. The van der Waals surface area contributed by atoms with Crippen molar-refractivity contribution in [2.24, 2.45) is 0 Å². The Bertz CT molecular complexity index is 752. The molecular formula is C16H11F5O. The van der Waals surface area contributed by atoms with Crippen LogP contribution >= 0.6 is 0 Å². The summed E-state index contributed by atoms with van der Waals surface area (Å²) in [7, 11) is 0. The monoisotopic (exact) mass is 314 g/mol. The fourth-order valence-corrected chi connectivity index (χ4v) is 1.90. The van der Waals surface area contributed by atoms with E-state index >= 15 is 0 Å². The number of phenols is 1. The van der Waals surface area contributed by atoms with Crippen LogP contribution in [0.4, 0.5) is 22.0 Å². The van der Waals surface area contributed by atoms with Crippen molar-refractivity contribution in [3.05, 3.63) is 63.5 Å². The molecule has 0 atom stereocenters. The van der Waals surface area contributed by atoms with Crippen LogP contribution in [0, 0.1) is 42.9 Å². The number of benzene rings is 2. The number of rotatable bonds is 2. The van der Waals surface area contributed by atoms with Gasteiger partial charge >= 0.3 is 0 Å². The van der Waals surface area contributed by atoms with Crippen LogP contribution in [-0.4, -0.2) is 5.11 Å². The summed E-state index contributed by atoms with van der Waals surface area (Å²) in [6, 6.07) is 2.97. The zero-order valence-corrected chi connectivity index (χ0v) is 11.6. The minimum Gasteiger partial charge on any atom is -0.507 e. The molecular weight excluding hydrogens is 303 g/mol. The second kappa shape index (κ2) is 5.79. The highest BCUT2D eigenvalue weighted by Crippen LogP contribution is 2.27. The molecule has 0 aliphatic carbocycles. The molecule has 0 aliphatic heterocycles. The van der Waals surface area contributed by atoms with Crippen molar-refractivity contribution < 1.29 is 27.1 Å². The Morgan fingerprint density at radius 3 is 1.73 bits per heavy atom. The van der Waals surface area contributed by atoms with E-state index in [9.17, 15) is 27.1 Å². The molecule has 116 valence electrons. The van der Waals surface area contributed by atoms with E-state index in [1.807, 2.05) is 0 Å². The molecule has 0 aliphatic rings. The van der Waals surface area contributed by atoms with Crippen LogP contribution in [0.1, 0.15) is 22.3 Å². The van der Waals surface area contributed by atoms with Crippen molar-refractivity contribution in [2.45, 2.75) is 13.8 Å². The maximum absolute atomic E-state index is 13.5. The van der Waals surface area contributed by atoms with Gasteiger partial charge in [0, 0.05) is 5.56 Å². The zero-order valence-electron chi connectivity index (χ0n) is 11.6. The SMILES string of the molecule is Cc1cc(O)c(/C=C/c2c(F)c(F)c(F)c(F)c2F)cc1C. The van der Waals surface area contributed by atoms with E-state index in [1.54, 1.807) is 13.8 Å². The van der Waals surface area contributed by atoms with E-state index in [-0.39, 0.29) is 11.3 Å². The number of hydrogen-bond donors (Lipinski definition) is 1. The Morgan fingerprint density at radius 2 is 1.18 bits per heavy atom. The van der Waals surface area contributed by atoms with Crippen molar-refractivity contribution in [2.75, 3.05) is 0 Å². The predicted molar refractivity (Wildman–Crippen MR) is 72.7 cm³/mol. The number of hydrogen-bond acceptors (Lipinski definition) is 1. The summed E-state index contributed by atoms with van der Waals surface area (Å²) in [5.41, 5.74) is 0.738. The quantitative estimate of drug-likeness (QED) is 0.363. The first-order chi connectivity index (χ1) is 10.2. The van der Waals surface area contributed by atoms with Crippen LogP contribution in [0.5, 0.6) is 5.75 Å². The van der Waals surface area contributed by atoms with Gasteiger partial charge in [0.2, 0.25) is 5.82 Å². The number of aromatic hydroxyl groups is 1. The Kier molecular flexibility index (Phi) is 4.21. The summed E-state index contributed by atoms with van der Waals surface area (Å²) in [5, 5.41) is 9.74. The molecule has 0 aromatic heterocycles. The van der Waals surface area contributed by atoms with Gasteiger partial charge in [-0.2, -0.15) is 0 Å². The lowest BCUT2D eigenvalue weighted by atomic mass is 10.0. The lowest BCUT2D eigenvalue weighted by Crippen LogP contribution is -2.03. The maximum atomic E-state index is 13.5. The van der Waals surface area contributed by atoms with Crippen molar-refractivity contribution in [3.8, 4) is 5.75 Å². The summed E-state index contributed by atoms with van der Waals surface area (Å²) >= 11 is 0. The molecule has 0 saturated heterocycles. The molecule has 22 heavy (non-hydrogen) atoms. The first-order valence-corrected chi connectivity index (χ1v) is 6.23. The molecule has 0 amide bonds. The van der Waals surface area contributed by atoms with Crippen molar-refractivity contribution in [1.29, 1.82) is 0 Å². The van der Waals surface area contributed by atoms with E-state index in [0.29, 0.717) is 0 Å². The van der Waals surface area contributed by atoms with Gasteiger partial charge in [0.05, 0.1) is 5.56 Å². The van der Waals surface area contributed by atoms with Gasteiger partial charge in [0.1, 0.15) is 5.75 Å². The molecule has 0 spiro atoms. The third-order valence-corrected chi connectivity index (χ3v) is 3.32. The second-order valence-corrected chi connectivity index (χ2v) is 4.81. The molecule has 1 N–H and O–H groups in total. The first kappa shape index (κ1) is 16.0. The van der Waals surface area contributed by atoms with E-state index in [4.69, 9.17) is 0 Å². The Balaban J connectivity index is 2.54. The molecule has 2 rings (SSSR count). The van der Waals surface area contributed by atoms with Gasteiger partial charge in [0.15, 0.2) is 23.3 Å². The molecule has 2 aromatic carbocycles. The third-order valence-electron chi connectivity index (χ3n) is 3.32. The van der Waals surface area contributed by atoms with Gasteiger partial charge in [0.25, 0.3) is 0 Å². The highest BCUT2D eigenvalue weighted by molar-refractivity contribution is 5.73. The van der Waals surface area contributed by atoms with Crippen LogP contribution in [0.15, 0.2) is 12.1 Å².